The van der Waals surface area contributed by atoms with E-state index in [1.165, 1.54) is 50.9 Å². The molecule has 3 nitrogen and oxygen atoms in total. The van der Waals surface area contributed by atoms with Gasteiger partial charge in [-0.15, -0.1) is 0 Å². The van der Waals surface area contributed by atoms with Crippen LogP contribution >= 0.6 is 0 Å². The lowest BCUT2D eigenvalue weighted by Crippen LogP contribution is -2.35. The number of aryl methyl sites for hydroxylation is 1. The zero-order valence-corrected chi connectivity index (χ0v) is 10.5. The Morgan fingerprint density at radius 3 is 2.69 bits per heavy atom. The van der Waals surface area contributed by atoms with E-state index < -0.39 is 0 Å². The smallest absolute Gasteiger partial charge is 0.0543 e. The van der Waals surface area contributed by atoms with Gasteiger partial charge in [0, 0.05) is 19.3 Å². The van der Waals surface area contributed by atoms with Gasteiger partial charge < -0.3 is 4.90 Å². The molecule has 90 valence electrons. The molecule has 1 aliphatic heterocycles. The van der Waals surface area contributed by atoms with Gasteiger partial charge in [-0.3, -0.25) is 4.68 Å². The molecule has 0 atom stereocenters. The fourth-order valence-electron chi connectivity index (χ4n) is 2.42. The van der Waals surface area contributed by atoms with Gasteiger partial charge >= 0.3 is 0 Å². The lowest BCUT2D eigenvalue weighted by molar-refractivity contribution is 0.178. The Balaban J connectivity index is 1.81. The van der Waals surface area contributed by atoms with Crippen molar-refractivity contribution in [3.63, 3.8) is 0 Å². The minimum atomic E-state index is 0.631. The monoisotopic (exact) mass is 221 g/mol. The number of unbranched alkanes of at least 4 members (excludes halogenated alkanes) is 1. The Labute approximate surface area is 98.4 Å². The summed E-state index contributed by atoms with van der Waals surface area (Å²) in [4.78, 5) is 2.59. The highest BCUT2D eigenvalue weighted by Gasteiger charge is 2.20. The van der Waals surface area contributed by atoms with Crippen molar-refractivity contribution in [1.29, 1.82) is 0 Å². The Kier molecular flexibility index (Phi) is 3.99. The van der Waals surface area contributed by atoms with Gasteiger partial charge in [0.15, 0.2) is 0 Å². The van der Waals surface area contributed by atoms with E-state index in [1.54, 1.807) is 0 Å². The summed E-state index contributed by atoms with van der Waals surface area (Å²) in [6, 6.07) is 0.631. The molecule has 0 radical (unpaired) electrons. The zero-order valence-electron chi connectivity index (χ0n) is 10.5. The highest BCUT2D eigenvalue weighted by molar-refractivity contribution is 5.00. The number of likely N-dealkylation sites (tertiary alicyclic amines) is 1. The maximum absolute atomic E-state index is 4.42. The molecule has 0 aliphatic carbocycles. The number of aromatic nitrogens is 2. The normalized spacial score (nSPS) is 19.1. The molecular formula is C13H23N3. The molecule has 0 bridgehead atoms. The van der Waals surface area contributed by atoms with Crippen LogP contribution in [0.4, 0.5) is 0 Å². The van der Waals surface area contributed by atoms with Crippen LogP contribution < -0.4 is 0 Å². The van der Waals surface area contributed by atoms with Crippen LogP contribution in [0.5, 0.6) is 0 Å². The molecule has 0 amide bonds. The molecule has 1 saturated heterocycles. The predicted octanol–water partition coefficient (Wildman–Crippen LogP) is 2.63. The highest BCUT2D eigenvalue weighted by Crippen LogP contribution is 2.22. The van der Waals surface area contributed by atoms with E-state index in [0.717, 1.165) is 0 Å². The number of nitrogens with zero attached hydrogens (tertiary/aromatic N) is 3. The van der Waals surface area contributed by atoms with E-state index >= 15 is 0 Å². The molecule has 1 aromatic heterocycles. The minimum Gasteiger partial charge on any atom is -0.303 e. The summed E-state index contributed by atoms with van der Waals surface area (Å²) >= 11 is 0. The molecule has 0 saturated carbocycles. The lowest BCUT2D eigenvalue weighted by Gasteiger charge is -2.31. The molecule has 0 spiro atoms. The van der Waals surface area contributed by atoms with Gasteiger partial charge in [0.05, 0.1) is 12.2 Å². The van der Waals surface area contributed by atoms with Gasteiger partial charge in [0.1, 0.15) is 0 Å². The summed E-state index contributed by atoms with van der Waals surface area (Å²) in [5, 5.41) is 4.42. The summed E-state index contributed by atoms with van der Waals surface area (Å²) < 4.78 is 2.16. The molecule has 1 aromatic rings. The Morgan fingerprint density at radius 1 is 1.38 bits per heavy atom. The van der Waals surface area contributed by atoms with Crippen LogP contribution in [-0.2, 0) is 0 Å². The molecule has 2 rings (SSSR count). The SMILES string of the molecule is CCCCN1CCC(n2cc(C)cn2)CC1. The Bertz CT molecular complexity index is 311. The van der Waals surface area contributed by atoms with Gasteiger partial charge in [-0.05, 0) is 38.3 Å². The van der Waals surface area contributed by atoms with Crippen molar-refractivity contribution in [3.05, 3.63) is 18.0 Å². The third-order valence-corrected chi connectivity index (χ3v) is 3.49. The molecule has 1 aliphatic rings. The first-order valence-corrected chi connectivity index (χ1v) is 6.52. The van der Waals surface area contributed by atoms with E-state index in [1.807, 2.05) is 6.20 Å². The van der Waals surface area contributed by atoms with E-state index in [0.29, 0.717) is 6.04 Å². The van der Waals surface area contributed by atoms with Crippen molar-refractivity contribution >= 4 is 0 Å². The molecule has 2 heterocycles. The second kappa shape index (κ2) is 5.48. The Hall–Kier alpha value is -0.830. The zero-order chi connectivity index (χ0) is 11.4. The number of hydrogen-bond acceptors (Lipinski definition) is 2. The molecular weight excluding hydrogens is 198 g/mol. The number of rotatable bonds is 4. The van der Waals surface area contributed by atoms with Gasteiger partial charge in [0.2, 0.25) is 0 Å². The van der Waals surface area contributed by atoms with Crippen molar-refractivity contribution in [2.45, 2.75) is 45.6 Å². The van der Waals surface area contributed by atoms with Gasteiger partial charge in [0.25, 0.3) is 0 Å². The first kappa shape index (κ1) is 11.6. The summed E-state index contributed by atoms with van der Waals surface area (Å²) in [6.45, 7) is 8.13. The second-order valence-corrected chi connectivity index (χ2v) is 4.92. The largest absolute Gasteiger partial charge is 0.303 e. The van der Waals surface area contributed by atoms with E-state index in [2.05, 4.69) is 34.7 Å². The quantitative estimate of drug-likeness (QED) is 0.779. The highest BCUT2D eigenvalue weighted by atomic mass is 15.3. The van der Waals surface area contributed by atoms with Crippen LogP contribution in [0.15, 0.2) is 12.4 Å². The van der Waals surface area contributed by atoms with Crippen molar-refractivity contribution in [2.75, 3.05) is 19.6 Å². The summed E-state index contributed by atoms with van der Waals surface area (Å²) in [6.07, 6.45) is 9.29. The molecule has 3 heteroatoms. The predicted molar refractivity (Wildman–Crippen MR) is 66.6 cm³/mol. The van der Waals surface area contributed by atoms with E-state index in [9.17, 15) is 0 Å². The van der Waals surface area contributed by atoms with Crippen molar-refractivity contribution in [2.24, 2.45) is 0 Å². The topological polar surface area (TPSA) is 21.1 Å². The molecule has 1 fully saturated rings. The third-order valence-electron chi connectivity index (χ3n) is 3.49. The molecule has 0 aromatic carbocycles. The molecule has 0 unspecified atom stereocenters. The van der Waals surface area contributed by atoms with Crippen LogP contribution in [0.1, 0.15) is 44.2 Å². The summed E-state index contributed by atoms with van der Waals surface area (Å²) in [7, 11) is 0. The Morgan fingerprint density at radius 2 is 2.12 bits per heavy atom. The van der Waals surface area contributed by atoms with Crippen molar-refractivity contribution < 1.29 is 0 Å². The maximum Gasteiger partial charge on any atom is 0.0543 e. The van der Waals surface area contributed by atoms with Crippen LogP contribution in [-0.4, -0.2) is 34.3 Å². The fourth-order valence-corrected chi connectivity index (χ4v) is 2.42. The van der Waals surface area contributed by atoms with Gasteiger partial charge in [-0.2, -0.15) is 5.10 Å². The summed E-state index contributed by atoms with van der Waals surface area (Å²) in [5.74, 6) is 0. The first-order chi connectivity index (χ1) is 7.79. The van der Waals surface area contributed by atoms with E-state index in [-0.39, 0.29) is 0 Å². The number of piperidine rings is 1. The van der Waals surface area contributed by atoms with Crippen LogP contribution in [0.3, 0.4) is 0 Å². The van der Waals surface area contributed by atoms with Gasteiger partial charge in [-0.1, -0.05) is 13.3 Å². The maximum atomic E-state index is 4.42. The molecule has 0 N–H and O–H groups in total. The average Bonchev–Trinajstić information content (AvgIpc) is 2.74. The van der Waals surface area contributed by atoms with Crippen LogP contribution in [0.2, 0.25) is 0 Å². The number of hydrogen-bond donors (Lipinski definition) is 0. The standard InChI is InChI=1S/C13H23N3/c1-3-4-7-15-8-5-13(6-9-15)16-11-12(2)10-14-16/h10-11,13H,3-9H2,1-2H3. The second-order valence-electron chi connectivity index (χ2n) is 4.92. The van der Waals surface area contributed by atoms with Crippen molar-refractivity contribution in [3.8, 4) is 0 Å². The van der Waals surface area contributed by atoms with Crippen molar-refractivity contribution in [1.82, 2.24) is 14.7 Å². The summed E-state index contributed by atoms with van der Waals surface area (Å²) in [5.41, 5.74) is 1.27. The third kappa shape index (κ3) is 2.85. The first-order valence-electron chi connectivity index (χ1n) is 6.52. The average molecular weight is 221 g/mol. The van der Waals surface area contributed by atoms with E-state index in [4.69, 9.17) is 0 Å². The van der Waals surface area contributed by atoms with Gasteiger partial charge in [-0.25, -0.2) is 0 Å². The van der Waals surface area contributed by atoms with Crippen LogP contribution in [0.25, 0.3) is 0 Å². The lowest BCUT2D eigenvalue weighted by atomic mass is 10.1. The minimum absolute atomic E-state index is 0.631. The fraction of sp³-hybridized carbons (Fsp3) is 0.769. The molecule has 16 heavy (non-hydrogen) atoms. The van der Waals surface area contributed by atoms with Crippen LogP contribution in [0, 0.1) is 6.92 Å².